The Morgan fingerprint density at radius 1 is 1.00 bits per heavy atom. The minimum Gasteiger partial charge on any atom is -0.346 e. The summed E-state index contributed by atoms with van der Waals surface area (Å²) in [5.74, 6) is 0.310. The van der Waals surface area contributed by atoms with E-state index in [2.05, 4.69) is 84.3 Å². The Labute approximate surface area is 236 Å². The van der Waals surface area contributed by atoms with Crippen LogP contribution < -0.4 is 5.32 Å². The highest BCUT2D eigenvalue weighted by atomic mass is 32.1. The molecule has 6 rings (SSSR count). The van der Waals surface area contributed by atoms with Gasteiger partial charge in [0.15, 0.2) is 0 Å². The third-order valence-electron chi connectivity index (χ3n) is 8.84. The van der Waals surface area contributed by atoms with Gasteiger partial charge < -0.3 is 15.2 Å². The second-order valence-corrected chi connectivity index (χ2v) is 13.2. The van der Waals surface area contributed by atoms with Gasteiger partial charge in [-0.25, -0.2) is 0 Å². The summed E-state index contributed by atoms with van der Waals surface area (Å²) in [7, 11) is 0. The molecular formula is C33H40N4OS. The Morgan fingerprint density at radius 2 is 1.64 bits per heavy atom. The maximum absolute atomic E-state index is 13.8. The summed E-state index contributed by atoms with van der Waals surface area (Å²) in [6.07, 6.45) is 10.3. The van der Waals surface area contributed by atoms with Gasteiger partial charge in [0.05, 0.1) is 11.1 Å². The van der Waals surface area contributed by atoms with Crippen LogP contribution in [-0.4, -0.2) is 45.9 Å². The fourth-order valence-electron chi connectivity index (χ4n) is 6.76. The van der Waals surface area contributed by atoms with Crippen LogP contribution in [0.15, 0.2) is 48.8 Å². The van der Waals surface area contributed by atoms with E-state index >= 15 is 0 Å². The number of nitrogens with one attached hydrogen (secondary N) is 2. The molecule has 2 saturated heterocycles. The highest BCUT2D eigenvalue weighted by Crippen LogP contribution is 2.44. The number of rotatable bonds is 9. The van der Waals surface area contributed by atoms with Crippen LogP contribution in [0, 0.1) is 13.8 Å². The van der Waals surface area contributed by atoms with Gasteiger partial charge in [0.2, 0.25) is 5.91 Å². The Bertz CT molecular complexity index is 1440. The summed E-state index contributed by atoms with van der Waals surface area (Å²) in [4.78, 5) is 26.3. The standard InChI is InChI=1S/C33H40N4OS/c1-21-17-22(2)19-24(18-21)30-27(12-16-35-15-11-23-9-13-34-14-10-23)28-20-29(39-31(28)36-30)33(3,4)32(38)37-25-5-6-26(37)8-7-25/h9-10,13-14,17-20,25-26,35-36H,5-8,11-12,15-16H2,1-4H3. The van der Waals surface area contributed by atoms with Gasteiger partial charge in [-0.2, -0.15) is 0 Å². The number of carbonyl (C=O) groups is 1. The molecule has 5 heterocycles. The van der Waals surface area contributed by atoms with Gasteiger partial charge in [0, 0.05) is 34.7 Å². The zero-order valence-electron chi connectivity index (χ0n) is 23.6. The highest BCUT2D eigenvalue weighted by molar-refractivity contribution is 7.19. The number of benzene rings is 1. The van der Waals surface area contributed by atoms with E-state index in [0.29, 0.717) is 18.0 Å². The number of fused-ring (bicyclic) bond motifs is 3. The van der Waals surface area contributed by atoms with Gasteiger partial charge in [-0.1, -0.05) is 17.2 Å². The zero-order chi connectivity index (χ0) is 27.1. The Morgan fingerprint density at radius 3 is 2.31 bits per heavy atom. The number of hydrogen-bond acceptors (Lipinski definition) is 4. The van der Waals surface area contributed by atoms with Crippen molar-refractivity contribution >= 4 is 27.5 Å². The maximum Gasteiger partial charge on any atom is 0.233 e. The monoisotopic (exact) mass is 540 g/mol. The summed E-state index contributed by atoms with van der Waals surface area (Å²) in [5.41, 5.74) is 7.14. The molecule has 4 aromatic rings. The topological polar surface area (TPSA) is 61.0 Å². The van der Waals surface area contributed by atoms with Crippen LogP contribution in [0.2, 0.25) is 0 Å². The van der Waals surface area contributed by atoms with E-state index < -0.39 is 5.41 Å². The largest absolute Gasteiger partial charge is 0.346 e. The molecule has 0 radical (unpaired) electrons. The van der Waals surface area contributed by atoms with Crippen molar-refractivity contribution in [3.63, 3.8) is 0 Å². The van der Waals surface area contributed by atoms with Crippen molar-refractivity contribution in [2.45, 2.75) is 83.7 Å². The number of hydrogen-bond donors (Lipinski definition) is 2. The van der Waals surface area contributed by atoms with Crippen molar-refractivity contribution in [1.29, 1.82) is 0 Å². The van der Waals surface area contributed by atoms with Gasteiger partial charge in [0.1, 0.15) is 4.83 Å². The smallest absolute Gasteiger partial charge is 0.233 e. The molecule has 5 nitrogen and oxygen atoms in total. The molecule has 2 N–H and O–H groups in total. The summed E-state index contributed by atoms with van der Waals surface area (Å²) < 4.78 is 0. The molecule has 0 aliphatic carbocycles. The van der Waals surface area contributed by atoms with Crippen LogP contribution in [0.5, 0.6) is 0 Å². The predicted octanol–water partition coefficient (Wildman–Crippen LogP) is 6.71. The van der Waals surface area contributed by atoms with Crippen molar-refractivity contribution in [1.82, 2.24) is 20.2 Å². The quantitative estimate of drug-likeness (QED) is 0.232. The molecule has 1 aromatic carbocycles. The molecule has 2 bridgehead atoms. The third kappa shape index (κ3) is 5.05. The Kier molecular flexibility index (Phi) is 7.11. The van der Waals surface area contributed by atoms with E-state index in [1.165, 1.54) is 74.3 Å². The molecular weight excluding hydrogens is 500 g/mol. The number of carbonyl (C=O) groups excluding carboxylic acids is 1. The lowest BCUT2D eigenvalue weighted by molar-refractivity contribution is -0.137. The van der Waals surface area contributed by atoms with Gasteiger partial charge in [-0.15, -0.1) is 11.3 Å². The predicted molar refractivity (Wildman–Crippen MR) is 162 cm³/mol. The first-order chi connectivity index (χ1) is 18.8. The average Bonchev–Trinajstić information content (AvgIpc) is 3.69. The molecule has 39 heavy (non-hydrogen) atoms. The van der Waals surface area contributed by atoms with E-state index in [1.54, 1.807) is 11.3 Å². The van der Waals surface area contributed by atoms with E-state index in [-0.39, 0.29) is 0 Å². The number of thiophene rings is 1. The van der Waals surface area contributed by atoms with Crippen LogP contribution in [0.4, 0.5) is 0 Å². The first-order valence-corrected chi connectivity index (χ1v) is 15.3. The molecule has 0 unspecified atom stereocenters. The van der Waals surface area contributed by atoms with Gasteiger partial charge in [0.25, 0.3) is 0 Å². The number of aromatic amines is 1. The molecule has 6 heteroatoms. The van der Waals surface area contributed by atoms with Crippen molar-refractivity contribution in [2.75, 3.05) is 13.1 Å². The lowest BCUT2D eigenvalue weighted by Crippen LogP contribution is -2.45. The van der Waals surface area contributed by atoms with Gasteiger partial charge in [-0.05, 0) is 126 Å². The fourth-order valence-corrected chi connectivity index (χ4v) is 7.94. The van der Waals surface area contributed by atoms with E-state index in [1.807, 2.05) is 12.4 Å². The molecule has 0 saturated carbocycles. The minimum atomic E-state index is -0.518. The lowest BCUT2D eigenvalue weighted by Gasteiger charge is -2.31. The minimum absolute atomic E-state index is 0.310. The number of aryl methyl sites for hydroxylation is 2. The normalized spacial score (nSPS) is 18.9. The van der Waals surface area contributed by atoms with Crippen molar-refractivity contribution < 1.29 is 4.79 Å². The third-order valence-corrected chi connectivity index (χ3v) is 10.2. The van der Waals surface area contributed by atoms with Crippen LogP contribution in [0.3, 0.4) is 0 Å². The van der Waals surface area contributed by atoms with Crippen molar-refractivity contribution in [3.05, 3.63) is 75.9 Å². The van der Waals surface area contributed by atoms with Crippen molar-refractivity contribution in [3.8, 4) is 11.3 Å². The number of H-pyrrole nitrogens is 1. The Balaban J connectivity index is 1.27. The number of amides is 1. The molecule has 3 aromatic heterocycles. The number of pyridine rings is 1. The maximum atomic E-state index is 13.8. The molecule has 2 aliphatic rings. The second-order valence-electron chi connectivity index (χ2n) is 12.1. The first-order valence-electron chi connectivity index (χ1n) is 14.5. The van der Waals surface area contributed by atoms with E-state index in [0.717, 1.165) is 25.9 Å². The van der Waals surface area contributed by atoms with Crippen molar-refractivity contribution in [2.24, 2.45) is 0 Å². The van der Waals surface area contributed by atoms with Crippen LogP contribution in [0.25, 0.3) is 21.5 Å². The number of aromatic nitrogens is 2. The van der Waals surface area contributed by atoms with Gasteiger partial charge in [-0.3, -0.25) is 9.78 Å². The summed E-state index contributed by atoms with van der Waals surface area (Å²) >= 11 is 1.76. The molecule has 0 atom stereocenters. The lowest BCUT2D eigenvalue weighted by atomic mass is 9.88. The summed E-state index contributed by atoms with van der Waals surface area (Å²) in [5, 5.41) is 4.92. The Hall–Kier alpha value is -2.96. The highest BCUT2D eigenvalue weighted by Gasteiger charge is 2.47. The molecule has 1 amide bonds. The van der Waals surface area contributed by atoms with Gasteiger partial charge >= 0.3 is 0 Å². The van der Waals surface area contributed by atoms with Crippen LogP contribution in [-0.2, 0) is 23.1 Å². The zero-order valence-corrected chi connectivity index (χ0v) is 24.5. The second kappa shape index (κ2) is 10.5. The fraction of sp³-hybridized carbons (Fsp3) is 0.455. The molecule has 2 aliphatic heterocycles. The number of nitrogens with zero attached hydrogens (tertiary/aromatic N) is 2. The van der Waals surface area contributed by atoms with Crippen LogP contribution in [0.1, 0.15) is 66.7 Å². The molecule has 2 fully saturated rings. The first kappa shape index (κ1) is 26.3. The SMILES string of the molecule is Cc1cc(C)cc(-c2[nH]c3sc(C(C)(C)C(=O)N4C5CCC4CC5)cc3c2CCNCCc2ccncc2)c1. The molecule has 204 valence electrons. The van der Waals surface area contributed by atoms with E-state index in [4.69, 9.17) is 0 Å². The summed E-state index contributed by atoms with van der Waals surface area (Å²) in [6, 6.07) is 14.2. The molecule has 0 spiro atoms. The summed E-state index contributed by atoms with van der Waals surface area (Å²) in [6.45, 7) is 10.4. The van der Waals surface area contributed by atoms with E-state index in [9.17, 15) is 4.79 Å². The van der Waals surface area contributed by atoms with Crippen LogP contribution >= 0.6 is 11.3 Å². The average molecular weight is 541 g/mol.